The highest BCUT2D eigenvalue weighted by Crippen LogP contribution is 2.30. The van der Waals surface area contributed by atoms with E-state index in [9.17, 15) is 4.79 Å². The minimum absolute atomic E-state index is 0.0345. The Morgan fingerprint density at radius 1 is 1.25 bits per heavy atom. The quantitative estimate of drug-likeness (QED) is 0.832. The third-order valence-electron chi connectivity index (χ3n) is 6.03. The van der Waals surface area contributed by atoms with Gasteiger partial charge in [0.15, 0.2) is 0 Å². The van der Waals surface area contributed by atoms with Crippen LogP contribution < -0.4 is 5.32 Å². The Kier molecular flexibility index (Phi) is 6.07. The Bertz CT molecular complexity index is 770. The Hall–Kier alpha value is -2.18. The number of carbonyl (C=O) groups excluding carboxylic acids is 1. The summed E-state index contributed by atoms with van der Waals surface area (Å²) in [6, 6.07) is 10.3. The molecule has 6 nitrogen and oxygen atoms in total. The van der Waals surface area contributed by atoms with Gasteiger partial charge < -0.3 is 15.0 Å². The lowest BCUT2D eigenvalue weighted by atomic mass is 9.89. The largest absolute Gasteiger partial charge is 0.381 e. The molecule has 1 amide bonds. The van der Waals surface area contributed by atoms with Crippen molar-refractivity contribution < 1.29 is 9.53 Å². The predicted molar refractivity (Wildman–Crippen MR) is 108 cm³/mol. The summed E-state index contributed by atoms with van der Waals surface area (Å²) in [5.74, 6) is 0.934. The summed E-state index contributed by atoms with van der Waals surface area (Å²) >= 11 is 0. The molecule has 6 heteroatoms. The highest BCUT2D eigenvalue weighted by molar-refractivity contribution is 5.80. The minimum Gasteiger partial charge on any atom is -0.381 e. The van der Waals surface area contributed by atoms with Crippen LogP contribution >= 0.6 is 0 Å². The van der Waals surface area contributed by atoms with Crippen molar-refractivity contribution >= 4 is 5.91 Å². The zero-order chi connectivity index (χ0) is 19.3. The monoisotopic (exact) mass is 382 g/mol. The second kappa shape index (κ2) is 8.88. The summed E-state index contributed by atoms with van der Waals surface area (Å²) in [6.45, 7) is 4.67. The van der Waals surface area contributed by atoms with E-state index in [1.165, 1.54) is 5.56 Å². The van der Waals surface area contributed by atoms with Crippen LogP contribution in [0.15, 0.2) is 42.7 Å². The zero-order valence-electron chi connectivity index (χ0n) is 16.6. The van der Waals surface area contributed by atoms with Crippen LogP contribution in [0.5, 0.6) is 0 Å². The number of carbonyl (C=O) groups is 1. The predicted octanol–water partition coefficient (Wildman–Crippen LogP) is 2.18. The molecule has 150 valence electrons. The molecule has 0 unspecified atom stereocenters. The molecule has 1 N–H and O–H groups in total. The van der Waals surface area contributed by atoms with E-state index < -0.39 is 0 Å². The lowest BCUT2D eigenvalue weighted by Gasteiger charge is -2.32. The van der Waals surface area contributed by atoms with Gasteiger partial charge in [-0.3, -0.25) is 9.48 Å². The van der Waals surface area contributed by atoms with E-state index >= 15 is 0 Å². The molecule has 0 saturated carbocycles. The summed E-state index contributed by atoms with van der Waals surface area (Å²) in [5, 5.41) is 7.74. The number of nitrogens with zero attached hydrogens (tertiary/aromatic N) is 3. The first-order chi connectivity index (χ1) is 13.7. The van der Waals surface area contributed by atoms with E-state index in [-0.39, 0.29) is 17.7 Å². The fraction of sp³-hybridized carbons (Fsp3) is 0.545. The molecular weight excluding hydrogens is 352 g/mol. The average Bonchev–Trinajstić information content (AvgIpc) is 3.37. The number of rotatable bonds is 6. The van der Waals surface area contributed by atoms with Crippen molar-refractivity contribution in [1.29, 1.82) is 0 Å². The molecule has 2 aromatic rings. The Morgan fingerprint density at radius 3 is 2.75 bits per heavy atom. The van der Waals surface area contributed by atoms with Gasteiger partial charge in [-0.05, 0) is 29.9 Å². The second-order valence-electron chi connectivity index (χ2n) is 8.08. The van der Waals surface area contributed by atoms with Crippen molar-refractivity contribution in [2.75, 3.05) is 32.8 Å². The van der Waals surface area contributed by atoms with Crippen molar-refractivity contribution in [2.24, 2.45) is 18.9 Å². The van der Waals surface area contributed by atoms with Crippen molar-refractivity contribution in [3.05, 3.63) is 53.9 Å². The number of hydrogen-bond donors (Lipinski definition) is 1. The number of nitrogens with one attached hydrogen (secondary N) is 1. The van der Waals surface area contributed by atoms with Crippen LogP contribution in [0.2, 0.25) is 0 Å². The molecule has 2 saturated heterocycles. The third-order valence-corrected chi connectivity index (χ3v) is 6.03. The molecule has 0 bridgehead atoms. The second-order valence-corrected chi connectivity index (χ2v) is 8.08. The third kappa shape index (κ3) is 4.45. The molecule has 2 atom stereocenters. The van der Waals surface area contributed by atoms with Crippen molar-refractivity contribution in [1.82, 2.24) is 20.0 Å². The normalized spacial score (nSPS) is 23.0. The number of benzene rings is 1. The molecule has 1 aromatic heterocycles. The molecule has 1 aromatic carbocycles. The topological polar surface area (TPSA) is 59.4 Å². The molecule has 2 fully saturated rings. The molecule has 2 aliphatic heterocycles. The number of ether oxygens (including phenoxy) is 1. The van der Waals surface area contributed by atoms with E-state index in [4.69, 9.17) is 4.74 Å². The van der Waals surface area contributed by atoms with Gasteiger partial charge in [0.05, 0.1) is 12.1 Å². The van der Waals surface area contributed by atoms with E-state index in [2.05, 4.69) is 27.4 Å². The number of aromatic nitrogens is 2. The first-order valence-electron chi connectivity index (χ1n) is 10.3. The Labute approximate surface area is 166 Å². The molecular formula is C22H30N4O2. The smallest absolute Gasteiger partial charge is 0.227 e. The van der Waals surface area contributed by atoms with Gasteiger partial charge >= 0.3 is 0 Å². The lowest BCUT2D eigenvalue weighted by molar-refractivity contribution is -0.137. The fourth-order valence-corrected chi connectivity index (χ4v) is 4.43. The minimum atomic E-state index is -0.0345. The summed E-state index contributed by atoms with van der Waals surface area (Å²) in [6.07, 6.45) is 6.01. The van der Waals surface area contributed by atoms with Crippen LogP contribution in [0.3, 0.4) is 0 Å². The van der Waals surface area contributed by atoms with Crippen LogP contribution in [0.4, 0.5) is 0 Å². The van der Waals surface area contributed by atoms with Gasteiger partial charge in [0.1, 0.15) is 0 Å². The maximum absolute atomic E-state index is 13.6. The van der Waals surface area contributed by atoms with Gasteiger partial charge in [0.25, 0.3) is 0 Å². The van der Waals surface area contributed by atoms with Crippen molar-refractivity contribution in [3.63, 3.8) is 0 Å². The first kappa shape index (κ1) is 19.2. The lowest BCUT2D eigenvalue weighted by Crippen LogP contribution is -2.42. The zero-order valence-corrected chi connectivity index (χ0v) is 16.6. The highest BCUT2D eigenvalue weighted by atomic mass is 16.5. The maximum Gasteiger partial charge on any atom is 0.227 e. The first-order valence-corrected chi connectivity index (χ1v) is 10.3. The molecule has 0 radical (unpaired) electrons. The van der Waals surface area contributed by atoms with E-state index in [0.29, 0.717) is 12.5 Å². The molecule has 0 aliphatic carbocycles. The van der Waals surface area contributed by atoms with Crippen molar-refractivity contribution in [3.8, 4) is 0 Å². The van der Waals surface area contributed by atoms with Crippen LogP contribution in [0.25, 0.3) is 0 Å². The summed E-state index contributed by atoms with van der Waals surface area (Å²) < 4.78 is 7.33. The summed E-state index contributed by atoms with van der Waals surface area (Å²) in [7, 11) is 1.93. The van der Waals surface area contributed by atoms with Crippen LogP contribution in [-0.2, 0) is 23.1 Å². The van der Waals surface area contributed by atoms with Crippen LogP contribution in [0.1, 0.15) is 29.9 Å². The van der Waals surface area contributed by atoms with Gasteiger partial charge in [-0.1, -0.05) is 30.3 Å². The molecule has 0 spiro atoms. The van der Waals surface area contributed by atoms with Gasteiger partial charge in [-0.25, -0.2) is 0 Å². The summed E-state index contributed by atoms with van der Waals surface area (Å²) in [5.41, 5.74) is 2.34. The number of aryl methyl sites for hydroxylation is 1. The molecule has 2 aliphatic rings. The standard InChI is InChI=1S/C22H30N4O2/c1-25-16-19(11-24-25)20-12-23-13-21(20)22(27)26(14-17-5-3-2-4-6-17)15-18-7-9-28-10-8-18/h2-6,11,16,18,20-21,23H,7-10,12-15H2,1H3/t20-,21+/m1/s1. The Balaban J connectivity index is 1.52. The molecule has 4 rings (SSSR count). The van der Waals surface area contributed by atoms with Crippen LogP contribution in [-0.4, -0.2) is 53.4 Å². The molecule has 3 heterocycles. The van der Waals surface area contributed by atoms with Crippen LogP contribution in [0, 0.1) is 11.8 Å². The summed E-state index contributed by atoms with van der Waals surface area (Å²) in [4.78, 5) is 15.7. The van der Waals surface area contributed by atoms with E-state index in [0.717, 1.165) is 51.3 Å². The number of hydrogen-bond acceptors (Lipinski definition) is 4. The number of amides is 1. The van der Waals surface area contributed by atoms with Gasteiger partial charge in [-0.15, -0.1) is 0 Å². The SMILES string of the molecule is Cn1cc([C@H]2CNC[C@@H]2C(=O)N(Cc2ccccc2)CC2CCOCC2)cn1. The van der Waals surface area contributed by atoms with Gasteiger partial charge in [0, 0.05) is 58.6 Å². The Morgan fingerprint density at radius 2 is 2.04 bits per heavy atom. The average molecular weight is 383 g/mol. The van der Waals surface area contributed by atoms with E-state index in [1.807, 2.05) is 42.3 Å². The maximum atomic E-state index is 13.6. The van der Waals surface area contributed by atoms with Crippen molar-refractivity contribution in [2.45, 2.75) is 25.3 Å². The fourth-order valence-electron chi connectivity index (χ4n) is 4.43. The highest BCUT2D eigenvalue weighted by Gasteiger charge is 2.37. The van der Waals surface area contributed by atoms with Gasteiger partial charge in [-0.2, -0.15) is 5.10 Å². The van der Waals surface area contributed by atoms with Gasteiger partial charge in [0.2, 0.25) is 5.91 Å². The van der Waals surface area contributed by atoms with E-state index in [1.54, 1.807) is 0 Å². The molecule has 28 heavy (non-hydrogen) atoms.